The van der Waals surface area contributed by atoms with Gasteiger partial charge < -0.3 is 19.0 Å². The third-order valence-corrected chi connectivity index (χ3v) is 7.40. The molecule has 1 aliphatic heterocycles. The Kier molecular flexibility index (Phi) is 7.63. The molecule has 4 rings (SSSR count). The first-order valence-corrected chi connectivity index (χ1v) is 13.1. The largest absolute Gasteiger partial charge is 0.459 e. The highest BCUT2D eigenvalue weighted by Crippen LogP contribution is 2.20. The second kappa shape index (κ2) is 10.9. The van der Waals surface area contributed by atoms with Gasteiger partial charge >= 0.3 is 5.97 Å². The highest BCUT2D eigenvalue weighted by atomic mass is 32.2. The first kappa shape index (κ1) is 26.0. The van der Waals surface area contributed by atoms with Crippen molar-refractivity contribution in [1.82, 2.24) is 9.80 Å². The predicted octanol–water partition coefficient (Wildman–Crippen LogP) is 2.84. The Labute approximate surface area is 214 Å². The zero-order chi connectivity index (χ0) is 26.6. The maximum absolute atomic E-state index is 12.8. The van der Waals surface area contributed by atoms with Crippen molar-refractivity contribution in [3.63, 3.8) is 0 Å². The maximum Gasteiger partial charge on any atom is 0.338 e. The number of rotatable bonds is 7. The molecule has 1 aliphatic rings. The summed E-state index contributed by atoms with van der Waals surface area (Å²) in [7, 11) is -3.95. The van der Waals surface area contributed by atoms with Crippen molar-refractivity contribution in [2.45, 2.75) is 18.7 Å². The van der Waals surface area contributed by atoms with E-state index < -0.39 is 28.5 Å². The minimum Gasteiger partial charge on any atom is -0.459 e. The number of sulfonamides is 1. The molecule has 1 N–H and O–H groups in total. The van der Waals surface area contributed by atoms with E-state index in [0.717, 1.165) is 5.56 Å². The molecule has 0 saturated carbocycles. The Hall–Kier alpha value is -4.12. The van der Waals surface area contributed by atoms with Gasteiger partial charge in [-0.1, -0.05) is 23.8 Å². The molecule has 0 aliphatic carbocycles. The molecule has 11 heteroatoms. The van der Waals surface area contributed by atoms with E-state index >= 15 is 0 Å². The molecule has 194 valence electrons. The molecular weight excluding hydrogens is 498 g/mol. The number of benzene rings is 2. The van der Waals surface area contributed by atoms with Crippen LogP contribution in [0.1, 0.15) is 32.0 Å². The summed E-state index contributed by atoms with van der Waals surface area (Å²) in [5.74, 6) is -1.21. The number of anilines is 1. The molecule has 1 saturated heterocycles. The summed E-state index contributed by atoms with van der Waals surface area (Å²) in [6, 6.07) is 14.2. The fourth-order valence-electron chi connectivity index (χ4n) is 3.84. The van der Waals surface area contributed by atoms with Crippen molar-refractivity contribution in [1.29, 1.82) is 0 Å². The van der Waals surface area contributed by atoms with Crippen LogP contribution in [-0.2, 0) is 19.6 Å². The highest BCUT2D eigenvalue weighted by molar-refractivity contribution is 7.92. The molecule has 2 amide bonds. The minimum atomic E-state index is -3.95. The van der Waals surface area contributed by atoms with Crippen LogP contribution in [0.15, 0.2) is 70.2 Å². The van der Waals surface area contributed by atoms with Crippen molar-refractivity contribution in [2.75, 3.05) is 37.5 Å². The van der Waals surface area contributed by atoms with E-state index in [1.807, 2.05) is 6.92 Å². The third-order valence-electron chi connectivity index (χ3n) is 6.02. The zero-order valence-electron chi connectivity index (χ0n) is 20.5. The molecule has 37 heavy (non-hydrogen) atoms. The van der Waals surface area contributed by atoms with E-state index in [9.17, 15) is 22.8 Å². The third kappa shape index (κ3) is 6.18. The van der Waals surface area contributed by atoms with Gasteiger partial charge in [-0.15, -0.1) is 0 Å². The average molecular weight is 526 g/mol. The minimum absolute atomic E-state index is 0.0495. The Bertz CT molecular complexity index is 1390. The Morgan fingerprint density at radius 3 is 2.27 bits per heavy atom. The van der Waals surface area contributed by atoms with E-state index in [4.69, 9.17) is 9.15 Å². The molecule has 0 radical (unpaired) electrons. The number of carbonyl (C=O) groups is 3. The lowest BCUT2D eigenvalue weighted by atomic mass is 10.1. The average Bonchev–Trinajstić information content (AvgIpc) is 3.43. The number of hydrogen-bond acceptors (Lipinski definition) is 7. The van der Waals surface area contributed by atoms with Gasteiger partial charge in [0.1, 0.15) is 0 Å². The number of aryl methyl sites for hydroxylation is 2. The smallest absolute Gasteiger partial charge is 0.338 e. The number of nitrogens with one attached hydrogen (secondary N) is 1. The van der Waals surface area contributed by atoms with Gasteiger partial charge in [0.2, 0.25) is 0 Å². The number of furan rings is 1. The van der Waals surface area contributed by atoms with Crippen molar-refractivity contribution in [2.24, 2.45) is 0 Å². The van der Waals surface area contributed by atoms with Gasteiger partial charge in [-0.05, 0) is 55.8 Å². The molecule has 2 heterocycles. The normalized spacial score (nSPS) is 13.8. The van der Waals surface area contributed by atoms with E-state index in [2.05, 4.69) is 4.72 Å². The topological polar surface area (TPSA) is 126 Å². The van der Waals surface area contributed by atoms with Gasteiger partial charge in [-0.25, -0.2) is 13.2 Å². The lowest BCUT2D eigenvalue weighted by Crippen LogP contribution is -2.51. The van der Waals surface area contributed by atoms with Crippen LogP contribution in [0.5, 0.6) is 0 Å². The summed E-state index contributed by atoms with van der Waals surface area (Å²) < 4.78 is 38.5. The molecule has 0 atom stereocenters. The summed E-state index contributed by atoms with van der Waals surface area (Å²) in [4.78, 5) is 40.7. The summed E-state index contributed by atoms with van der Waals surface area (Å²) in [5, 5.41) is 0. The fourth-order valence-corrected chi connectivity index (χ4v) is 4.92. The molecule has 1 fully saturated rings. The van der Waals surface area contributed by atoms with E-state index in [1.165, 1.54) is 29.4 Å². The number of carbonyl (C=O) groups excluding carboxylic acids is 3. The lowest BCUT2D eigenvalue weighted by molar-refractivity contribution is -0.136. The SMILES string of the molecule is Cc1ccc(NS(=O)(=O)c2ccc(C)c(C(=O)OCC(=O)N3CCN(C(=O)c4ccco4)CC3)c2)cc1. The van der Waals surface area contributed by atoms with Crippen molar-refractivity contribution < 1.29 is 32.0 Å². The lowest BCUT2D eigenvalue weighted by Gasteiger charge is -2.34. The van der Waals surface area contributed by atoms with Gasteiger partial charge in [0.05, 0.1) is 16.7 Å². The van der Waals surface area contributed by atoms with Crippen molar-refractivity contribution in [3.8, 4) is 0 Å². The molecule has 0 spiro atoms. The van der Waals surface area contributed by atoms with Gasteiger partial charge in [0, 0.05) is 31.9 Å². The van der Waals surface area contributed by atoms with Crippen LogP contribution in [0.25, 0.3) is 0 Å². The van der Waals surface area contributed by atoms with Crippen LogP contribution in [0.2, 0.25) is 0 Å². The number of amides is 2. The van der Waals surface area contributed by atoms with E-state index in [-0.39, 0.29) is 22.1 Å². The van der Waals surface area contributed by atoms with Crippen LogP contribution < -0.4 is 4.72 Å². The van der Waals surface area contributed by atoms with Crippen LogP contribution in [0, 0.1) is 13.8 Å². The molecular formula is C26H27N3O7S. The Morgan fingerprint density at radius 2 is 1.62 bits per heavy atom. The first-order chi connectivity index (χ1) is 17.6. The monoisotopic (exact) mass is 525 g/mol. The van der Waals surface area contributed by atoms with Gasteiger partial charge in [-0.2, -0.15) is 0 Å². The number of esters is 1. The number of nitrogens with zero attached hydrogens (tertiary/aromatic N) is 2. The Balaban J connectivity index is 1.34. The van der Waals surface area contributed by atoms with Crippen LogP contribution in [0.3, 0.4) is 0 Å². The first-order valence-electron chi connectivity index (χ1n) is 11.6. The van der Waals surface area contributed by atoms with Crippen LogP contribution in [0.4, 0.5) is 5.69 Å². The van der Waals surface area contributed by atoms with Crippen molar-refractivity contribution >= 4 is 33.5 Å². The van der Waals surface area contributed by atoms with Gasteiger partial charge in [-0.3, -0.25) is 14.3 Å². The summed E-state index contributed by atoms with van der Waals surface area (Å²) >= 11 is 0. The summed E-state index contributed by atoms with van der Waals surface area (Å²) in [6.45, 7) is 4.28. The molecule has 1 aromatic heterocycles. The number of piperazine rings is 1. The van der Waals surface area contributed by atoms with Gasteiger partial charge in [0.25, 0.3) is 21.8 Å². The summed E-state index contributed by atoms with van der Waals surface area (Å²) in [6.07, 6.45) is 1.43. The van der Waals surface area contributed by atoms with E-state index in [0.29, 0.717) is 37.4 Å². The highest BCUT2D eigenvalue weighted by Gasteiger charge is 2.27. The standard InChI is InChI=1S/C26H27N3O7S/c1-18-5-8-20(9-6-18)27-37(33,34)21-10-7-19(2)22(16-21)26(32)36-17-24(30)28-11-13-29(14-12-28)25(31)23-4-3-15-35-23/h3-10,15-16,27H,11-14,17H2,1-2H3. The quantitative estimate of drug-likeness (QED) is 0.470. The number of hydrogen-bond donors (Lipinski definition) is 1. The molecule has 2 aromatic carbocycles. The zero-order valence-corrected chi connectivity index (χ0v) is 21.3. The van der Waals surface area contributed by atoms with Crippen LogP contribution >= 0.6 is 0 Å². The van der Waals surface area contributed by atoms with E-state index in [1.54, 1.807) is 48.2 Å². The molecule has 10 nitrogen and oxygen atoms in total. The fraction of sp³-hybridized carbons (Fsp3) is 0.269. The Morgan fingerprint density at radius 1 is 0.946 bits per heavy atom. The second-order valence-electron chi connectivity index (χ2n) is 8.67. The van der Waals surface area contributed by atoms with Crippen LogP contribution in [-0.4, -0.2) is 68.8 Å². The maximum atomic E-state index is 12.8. The predicted molar refractivity (Wildman–Crippen MR) is 135 cm³/mol. The van der Waals surface area contributed by atoms with Crippen molar-refractivity contribution in [3.05, 3.63) is 83.3 Å². The molecule has 3 aromatic rings. The molecule has 0 unspecified atom stereocenters. The van der Waals surface area contributed by atoms with Gasteiger partial charge in [0.15, 0.2) is 12.4 Å². The second-order valence-corrected chi connectivity index (χ2v) is 10.4. The molecule has 0 bridgehead atoms. The number of ether oxygens (including phenoxy) is 1. The summed E-state index contributed by atoms with van der Waals surface area (Å²) in [5.41, 5.74) is 1.94.